The summed E-state index contributed by atoms with van der Waals surface area (Å²) < 4.78 is 2.25. The number of nitrogens with one attached hydrogen (secondary N) is 1. The molecule has 3 N–H and O–H groups in total. The van der Waals surface area contributed by atoms with E-state index in [4.69, 9.17) is 17.3 Å². The highest BCUT2D eigenvalue weighted by atomic mass is 35.5. The Morgan fingerprint density at radius 1 is 1.06 bits per heavy atom. The zero-order valence-corrected chi connectivity index (χ0v) is 19.2. The van der Waals surface area contributed by atoms with Crippen LogP contribution in [0.3, 0.4) is 0 Å². The molecule has 3 aromatic rings. The largest absolute Gasteiger partial charge is 0.384 e. The Morgan fingerprint density at radius 3 is 2.42 bits per heavy atom. The van der Waals surface area contributed by atoms with Crippen molar-refractivity contribution in [2.24, 2.45) is 7.05 Å². The molecule has 0 spiro atoms. The van der Waals surface area contributed by atoms with E-state index in [-0.39, 0.29) is 30.3 Å². The van der Waals surface area contributed by atoms with Crippen molar-refractivity contribution in [2.45, 2.75) is 6.54 Å². The maximum absolute atomic E-state index is 13.2. The number of anilines is 2. The molecule has 0 aliphatic carbocycles. The molecule has 0 amide bonds. The molecule has 0 saturated carbocycles. The molecule has 0 bridgehead atoms. The summed E-state index contributed by atoms with van der Waals surface area (Å²) in [4.78, 5) is 41.9. The predicted molar refractivity (Wildman–Crippen MR) is 129 cm³/mol. The molecule has 2 aromatic carbocycles. The molecule has 0 atom stereocenters. The molecule has 33 heavy (non-hydrogen) atoms. The van der Waals surface area contributed by atoms with Crippen LogP contribution in [0.15, 0.2) is 64.2 Å². The van der Waals surface area contributed by atoms with Crippen LogP contribution in [-0.4, -0.2) is 47.6 Å². The lowest BCUT2D eigenvalue weighted by Gasteiger charge is -2.33. The quantitative estimate of drug-likeness (QED) is 0.511. The lowest BCUT2D eigenvalue weighted by Crippen LogP contribution is -3.15. The molecule has 4 rings (SSSR count). The third kappa shape index (κ3) is 4.86. The average Bonchev–Trinajstić information content (AvgIpc) is 2.82. The van der Waals surface area contributed by atoms with Crippen LogP contribution in [0, 0.1) is 0 Å². The number of quaternary nitrogens is 1. The summed E-state index contributed by atoms with van der Waals surface area (Å²) in [5.74, 6) is -0.421. The van der Waals surface area contributed by atoms with Crippen molar-refractivity contribution < 1.29 is 9.69 Å². The fourth-order valence-corrected chi connectivity index (χ4v) is 4.39. The fourth-order valence-electron chi connectivity index (χ4n) is 4.21. The van der Waals surface area contributed by atoms with Gasteiger partial charge in [-0.2, -0.15) is 0 Å². The zero-order chi connectivity index (χ0) is 23.5. The number of ketones is 1. The van der Waals surface area contributed by atoms with Gasteiger partial charge in [0.25, 0.3) is 5.56 Å². The number of carbonyl (C=O) groups is 1. The predicted octanol–water partition coefficient (Wildman–Crippen LogP) is 0.419. The average molecular weight is 469 g/mol. The summed E-state index contributed by atoms with van der Waals surface area (Å²) in [6.07, 6.45) is 0. The number of Topliss-reactive ketones (excluding diaryl/α,β-unsaturated/α-hetero) is 1. The molecule has 172 valence electrons. The van der Waals surface area contributed by atoms with Gasteiger partial charge < -0.3 is 15.5 Å². The molecular weight excluding hydrogens is 442 g/mol. The maximum atomic E-state index is 13.2. The normalized spacial score (nSPS) is 14.4. The van der Waals surface area contributed by atoms with Crippen molar-refractivity contribution in [3.8, 4) is 0 Å². The van der Waals surface area contributed by atoms with Crippen molar-refractivity contribution in [3.05, 3.63) is 91.6 Å². The van der Waals surface area contributed by atoms with Gasteiger partial charge in [0.1, 0.15) is 17.9 Å². The molecule has 1 saturated heterocycles. The van der Waals surface area contributed by atoms with Crippen LogP contribution in [0.25, 0.3) is 0 Å². The number of nitrogen functional groups attached to an aromatic ring is 1. The van der Waals surface area contributed by atoms with Gasteiger partial charge in [0, 0.05) is 17.8 Å². The lowest BCUT2D eigenvalue weighted by atomic mass is 10.1. The van der Waals surface area contributed by atoms with Crippen LogP contribution in [0.4, 0.5) is 11.5 Å². The number of aromatic nitrogens is 2. The number of rotatable bonds is 6. The van der Waals surface area contributed by atoms with E-state index < -0.39 is 11.2 Å². The van der Waals surface area contributed by atoms with Crippen molar-refractivity contribution in [1.82, 2.24) is 9.13 Å². The van der Waals surface area contributed by atoms with Gasteiger partial charge in [-0.1, -0.05) is 48.0 Å². The Morgan fingerprint density at radius 2 is 1.76 bits per heavy atom. The van der Waals surface area contributed by atoms with E-state index in [2.05, 4.69) is 4.90 Å². The van der Waals surface area contributed by atoms with Crippen LogP contribution < -0.4 is 26.8 Å². The summed E-state index contributed by atoms with van der Waals surface area (Å²) in [7, 11) is 1.37. The van der Waals surface area contributed by atoms with Crippen molar-refractivity contribution in [1.29, 1.82) is 0 Å². The standard InChI is InChI=1S/C24H26ClN5O3/c1-27-23(32)21(22(26)30(24(27)33)15-17-6-3-2-4-7-17)20(31)16-28-10-12-29(13-11-28)19-9-5-8-18(25)14-19/h2-9,14H,10-13,15-16,26H2,1H3/p+1. The number of hydrogen-bond donors (Lipinski definition) is 2. The Kier molecular flexibility index (Phi) is 6.67. The highest BCUT2D eigenvalue weighted by molar-refractivity contribution is 6.30. The first-order valence-corrected chi connectivity index (χ1v) is 11.2. The van der Waals surface area contributed by atoms with Gasteiger partial charge in [-0.05, 0) is 23.8 Å². The number of carbonyl (C=O) groups excluding carboxylic acids is 1. The minimum atomic E-state index is -0.649. The summed E-state index contributed by atoms with van der Waals surface area (Å²) >= 11 is 6.10. The van der Waals surface area contributed by atoms with Crippen LogP contribution in [0.5, 0.6) is 0 Å². The maximum Gasteiger partial charge on any atom is 0.332 e. The number of nitrogens with zero attached hydrogens (tertiary/aromatic N) is 3. The molecule has 2 heterocycles. The van der Waals surface area contributed by atoms with Crippen LogP contribution in [-0.2, 0) is 13.6 Å². The summed E-state index contributed by atoms with van der Waals surface area (Å²) in [6, 6.07) is 17.0. The highest BCUT2D eigenvalue weighted by Gasteiger charge is 2.27. The van der Waals surface area contributed by atoms with Crippen molar-refractivity contribution >= 4 is 28.9 Å². The number of hydrogen-bond acceptors (Lipinski definition) is 5. The Labute approximate surface area is 196 Å². The molecule has 1 aliphatic rings. The third-order valence-corrected chi connectivity index (χ3v) is 6.34. The van der Waals surface area contributed by atoms with E-state index in [1.54, 1.807) is 0 Å². The lowest BCUT2D eigenvalue weighted by molar-refractivity contribution is -0.892. The van der Waals surface area contributed by atoms with E-state index in [9.17, 15) is 14.4 Å². The first-order chi connectivity index (χ1) is 15.8. The Bertz CT molecular complexity index is 1280. The van der Waals surface area contributed by atoms with Crippen LogP contribution in [0.2, 0.25) is 5.02 Å². The molecule has 1 aromatic heterocycles. The van der Waals surface area contributed by atoms with Gasteiger partial charge in [-0.3, -0.25) is 18.7 Å². The molecule has 0 radical (unpaired) electrons. The molecule has 0 unspecified atom stereocenters. The minimum Gasteiger partial charge on any atom is -0.384 e. The third-order valence-electron chi connectivity index (χ3n) is 6.10. The van der Waals surface area contributed by atoms with Crippen molar-refractivity contribution in [3.63, 3.8) is 0 Å². The number of benzene rings is 2. The topological polar surface area (TPSA) is 94.8 Å². The first-order valence-electron chi connectivity index (χ1n) is 10.9. The first kappa shape index (κ1) is 22.8. The van der Waals surface area contributed by atoms with Gasteiger partial charge in [0.2, 0.25) is 5.78 Å². The van der Waals surface area contributed by atoms with Gasteiger partial charge in [-0.15, -0.1) is 0 Å². The Hall–Kier alpha value is -3.36. The van der Waals surface area contributed by atoms with Gasteiger partial charge in [0.05, 0.1) is 32.7 Å². The van der Waals surface area contributed by atoms with Gasteiger partial charge in [0.15, 0.2) is 0 Å². The monoisotopic (exact) mass is 468 g/mol. The molecular formula is C24H27ClN5O3+. The second-order valence-electron chi connectivity index (χ2n) is 8.30. The van der Waals surface area contributed by atoms with E-state index in [0.29, 0.717) is 5.02 Å². The summed E-state index contributed by atoms with van der Waals surface area (Å²) in [5, 5.41) is 0.689. The SMILES string of the molecule is Cn1c(=O)c(C(=O)C[NH+]2CCN(c3cccc(Cl)c3)CC2)c(N)n(Cc2ccccc2)c1=O. The molecule has 9 heteroatoms. The van der Waals surface area contributed by atoms with Gasteiger partial charge >= 0.3 is 5.69 Å². The number of nitrogens with two attached hydrogens (primary N) is 1. The van der Waals surface area contributed by atoms with Crippen LogP contribution in [0.1, 0.15) is 15.9 Å². The summed E-state index contributed by atoms with van der Waals surface area (Å²) in [6.45, 7) is 3.34. The number of halogens is 1. The van der Waals surface area contributed by atoms with Crippen LogP contribution >= 0.6 is 11.6 Å². The van der Waals surface area contributed by atoms with Gasteiger partial charge in [-0.25, -0.2) is 4.79 Å². The van der Waals surface area contributed by atoms with Crippen molar-refractivity contribution in [2.75, 3.05) is 43.4 Å². The summed E-state index contributed by atoms with van der Waals surface area (Å²) in [5.41, 5.74) is 6.82. The van der Waals surface area contributed by atoms with E-state index in [1.165, 1.54) is 11.6 Å². The smallest absolute Gasteiger partial charge is 0.332 e. The minimum absolute atomic E-state index is 0.0751. The molecule has 1 aliphatic heterocycles. The zero-order valence-electron chi connectivity index (χ0n) is 18.5. The molecule has 1 fully saturated rings. The fraction of sp³-hybridized carbons (Fsp3) is 0.292. The Balaban J connectivity index is 1.51. The second-order valence-corrected chi connectivity index (χ2v) is 8.73. The highest BCUT2D eigenvalue weighted by Crippen LogP contribution is 2.19. The van der Waals surface area contributed by atoms with E-state index in [0.717, 1.165) is 46.9 Å². The van der Waals surface area contributed by atoms with E-state index in [1.807, 2.05) is 54.6 Å². The van der Waals surface area contributed by atoms with E-state index >= 15 is 0 Å². The number of piperazine rings is 1. The second kappa shape index (κ2) is 9.64. The molecule has 8 nitrogen and oxygen atoms in total.